The van der Waals surface area contributed by atoms with Gasteiger partial charge in [0.1, 0.15) is 17.5 Å². The molecule has 0 radical (unpaired) electrons. The van der Waals surface area contributed by atoms with Crippen LogP contribution in [-0.4, -0.2) is 58.6 Å². The van der Waals surface area contributed by atoms with Crippen LogP contribution in [0.2, 0.25) is 0 Å². The van der Waals surface area contributed by atoms with Gasteiger partial charge in [-0.1, -0.05) is 6.07 Å². The van der Waals surface area contributed by atoms with Crippen LogP contribution in [0.1, 0.15) is 28.2 Å². The number of aromatic nitrogens is 3. The minimum atomic E-state index is -4.64. The Bertz CT molecular complexity index is 1550. The number of imidazole rings is 1. The Kier molecular flexibility index (Phi) is 9.69. The molecule has 2 aromatic heterocycles. The van der Waals surface area contributed by atoms with E-state index in [1.54, 1.807) is 48.7 Å². The van der Waals surface area contributed by atoms with Crippen molar-refractivity contribution in [2.24, 2.45) is 12.8 Å². The number of nitrogens with one attached hydrogen (secondary N) is 2. The second kappa shape index (κ2) is 13.0. The van der Waals surface area contributed by atoms with E-state index in [0.29, 0.717) is 29.0 Å². The first kappa shape index (κ1) is 29.9. The van der Waals surface area contributed by atoms with Gasteiger partial charge in [-0.3, -0.25) is 19.9 Å². The lowest BCUT2D eigenvalue weighted by atomic mass is 10.1. The number of anilines is 2. The molecule has 2 heterocycles. The molecule has 4 rings (SSSR count). The maximum atomic E-state index is 13.3. The van der Waals surface area contributed by atoms with Crippen LogP contribution in [0.5, 0.6) is 0 Å². The van der Waals surface area contributed by atoms with Gasteiger partial charge in [-0.15, -0.1) is 0 Å². The quantitative estimate of drug-likeness (QED) is 0.0876. The number of nitrogen functional groups attached to an aromatic ring is 1. The van der Waals surface area contributed by atoms with Crippen molar-refractivity contribution in [1.29, 1.82) is 5.41 Å². The lowest BCUT2D eigenvalue weighted by molar-refractivity contribution is -0.136. The molecule has 8 N–H and O–H groups in total. The van der Waals surface area contributed by atoms with Crippen LogP contribution in [-0.2, 0) is 23.0 Å². The fourth-order valence-corrected chi connectivity index (χ4v) is 3.69. The predicted octanol–water partition coefficient (Wildman–Crippen LogP) is 2.06. The zero-order valence-corrected chi connectivity index (χ0v) is 22.2. The predicted molar refractivity (Wildman–Crippen MR) is 148 cm³/mol. The molecule has 210 valence electrons. The zero-order valence-electron chi connectivity index (χ0n) is 21.3. The minimum Gasteiger partial charge on any atom is -0.481 e. The maximum Gasteiger partial charge on any atom is 0.466 e. The third kappa shape index (κ3) is 8.44. The maximum absolute atomic E-state index is 13.3. The second-order valence-electron chi connectivity index (χ2n) is 8.44. The molecule has 0 spiro atoms. The summed E-state index contributed by atoms with van der Waals surface area (Å²) in [5.41, 5.74) is 8.92. The Balaban J connectivity index is 0.000000810. The topological polar surface area (TPSA) is 228 Å². The normalized spacial score (nSPS) is 10.9. The minimum absolute atomic E-state index is 0.00300. The van der Waals surface area contributed by atoms with Gasteiger partial charge in [0.2, 0.25) is 0 Å². The summed E-state index contributed by atoms with van der Waals surface area (Å²) in [4.78, 5) is 56.3. The summed E-state index contributed by atoms with van der Waals surface area (Å²) in [5.74, 6) is -0.162. The van der Waals surface area contributed by atoms with E-state index in [0.717, 1.165) is 17.0 Å². The number of carboxylic acid groups (broad SMARTS) is 1. The number of rotatable bonds is 9. The van der Waals surface area contributed by atoms with E-state index < -0.39 is 13.8 Å². The summed E-state index contributed by atoms with van der Waals surface area (Å²) in [6, 6.07) is 17.6. The number of pyridine rings is 1. The highest BCUT2D eigenvalue weighted by atomic mass is 31.2. The lowest BCUT2D eigenvalue weighted by Gasteiger charge is -2.21. The Morgan fingerprint density at radius 3 is 2.30 bits per heavy atom. The second-order valence-corrected chi connectivity index (χ2v) is 9.46. The molecule has 0 saturated carbocycles. The van der Waals surface area contributed by atoms with Crippen molar-refractivity contribution < 1.29 is 33.9 Å². The van der Waals surface area contributed by atoms with Gasteiger partial charge in [0.05, 0.1) is 24.0 Å². The first-order chi connectivity index (χ1) is 18.8. The molecule has 4 aromatic rings. The van der Waals surface area contributed by atoms with E-state index in [9.17, 15) is 9.59 Å². The van der Waals surface area contributed by atoms with Crippen LogP contribution < -0.4 is 16.0 Å². The molecule has 15 heteroatoms. The van der Waals surface area contributed by atoms with E-state index in [1.807, 2.05) is 29.8 Å². The number of amidine groups is 1. The fourth-order valence-electron chi connectivity index (χ4n) is 3.69. The molecule has 2 aromatic carbocycles. The molecule has 14 nitrogen and oxygen atoms in total. The average molecular weight is 570 g/mol. The van der Waals surface area contributed by atoms with Crippen LogP contribution in [0.3, 0.4) is 0 Å². The molecule has 1 amide bonds. The summed E-state index contributed by atoms with van der Waals surface area (Å²) in [7, 11) is -2.74. The van der Waals surface area contributed by atoms with Gasteiger partial charge in [-0.25, -0.2) is 14.5 Å². The first-order valence-electron chi connectivity index (χ1n) is 11.7. The molecular formula is C25H28N7O7P. The SMILES string of the molecule is Cn1c(CNc2ccc(C(=N)N)cc2)nc2cc(C(=O)N(CCC(=O)O)c3ccccn3)ccc21.O=P(O)(O)O. The summed E-state index contributed by atoms with van der Waals surface area (Å²) >= 11 is 0. The zero-order chi connectivity index (χ0) is 29.4. The number of fused-ring (bicyclic) bond motifs is 1. The van der Waals surface area contributed by atoms with Crippen molar-refractivity contribution >= 4 is 48.1 Å². The molecule has 0 fully saturated rings. The van der Waals surface area contributed by atoms with Crippen molar-refractivity contribution in [3.63, 3.8) is 0 Å². The number of carbonyl (C=O) groups is 2. The molecule has 0 unspecified atom stereocenters. The van der Waals surface area contributed by atoms with Gasteiger partial charge in [0.15, 0.2) is 0 Å². The van der Waals surface area contributed by atoms with Gasteiger partial charge in [0.25, 0.3) is 5.91 Å². The summed E-state index contributed by atoms with van der Waals surface area (Å²) in [6.45, 7) is 0.454. The number of aryl methyl sites for hydroxylation is 1. The molecular weight excluding hydrogens is 541 g/mol. The van der Waals surface area contributed by atoms with Crippen molar-refractivity contribution in [3.8, 4) is 0 Å². The highest BCUT2D eigenvalue weighted by Gasteiger charge is 2.21. The third-order valence-corrected chi connectivity index (χ3v) is 5.59. The summed E-state index contributed by atoms with van der Waals surface area (Å²) in [6.07, 6.45) is 1.36. The van der Waals surface area contributed by atoms with E-state index >= 15 is 0 Å². The number of hydrogen-bond acceptors (Lipinski definition) is 7. The average Bonchev–Trinajstić information content (AvgIpc) is 3.21. The molecule has 0 saturated heterocycles. The van der Waals surface area contributed by atoms with Crippen LogP contribution in [0, 0.1) is 5.41 Å². The van der Waals surface area contributed by atoms with Crippen molar-refractivity contribution in [3.05, 3.63) is 83.8 Å². The molecule has 0 aliphatic rings. The molecule has 40 heavy (non-hydrogen) atoms. The highest BCUT2D eigenvalue weighted by molar-refractivity contribution is 7.45. The number of carboxylic acids is 1. The largest absolute Gasteiger partial charge is 0.481 e. The number of hydrogen-bond donors (Lipinski definition) is 7. The summed E-state index contributed by atoms with van der Waals surface area (Å²) < 4.78 is 10.8. The van der Waals surface area contributed by atoms with E-state index in [4.69, 9.17) is 35.5 Å². The van der Waals surface area contributed by atoms with Crippen LogP contribution >= 0.6 is 7.82 Å². The Morgan fingerprint density at radius 1 is 1.07 bits per heavy atom. The van der Waals surface area contributed by atoms with Crippen LogP contribution in [0.4, 0.5) is 11.5 Å². The van der Waals surface area contributed by atoms with E-state index in [-0.39, 0.29) is 24.7 Å². The van der Waals surface area contributed by atoms with Gasteiger partial charge in [0, 0.05) is 36.6 Å². The first-order valence-corrected chi connectivity index (χ1v) is 13.3. The Labute approximate surface area is 228 Å². The van der Waals surface area contributed by atoms with Crippen molar-refractivity contribution in [2.75, 3.05) is 16.8 Å². The van der Waals surface area contributed by atoms with Crippen LogP contribution in [0.25, 0.3) is 11.0 Å². The van der Waals surface area contributed by atoms with Crippen molar-refractivity contribution in [1.82, 2.24) is 14.5 Å². The number of carbonyl (C=O) groups excluding carboxylic acids is 1. The molecule has 0 atom stereocenters. The Hall–Kier alpha value is -4.62. The van der Waals surface area contributed by atoms with E-state index in [1.165, 1.54) is 4.90 Å². The van der Waals surface area contributed by atoms with Gasteiger partial charge in [-0.2, -0.15) is 0 Å². The Morgan fingerprint density at radius 2 is 1.73 bits per heavy atom. The van der Waals surface area contributed by atoms with Gasteiger partial charge < -0.3 is 35.4 Å². The standard InChI is InChI=1S/C25H25N7O3.H3O4P/c1-31-20-10-7-17(25(35)32(13-11-23(33)34)21-4-2-3-12-28-21)14-19(20)30-22(31)15-29-18-8-5-16(6-9-18)24(26)27;1-5(2,3)4/h2-10,12,14,29H,11,13,15H2,1H3,(H3,26,27)(H,33,34);(H3,1,2,3,4). The molecule has 0 bridgehead atoms. The number of aliphatic carboxylic acids is 1. The third-order valence-electron chi connectivity index (χ3n) is 5.59. The van der Waals surface area contributed by atoms with Gasteiger partial charge >= 0.3 is 13.8 Å². The monoisotopic (exact) mass is 569 g/mol. The van der Waals surface area contributed by atoms with Crippen molar-refractivity contribution in [2.45, 2.75) is 13.0 Å². The lowest BCUT2D eigenvalue weighted by Crippen LogP contribution is -2.33. The highest BCUT2D eigenvalue weighted by Crippen LogP contribution is 2.26. The van der Waals surface area contributed by atoms with Crippen LogP contribution in [0.15, 0.2) is 66.9 Å². The smallest absolute Gasteiger partial charge is 0.466 e. The number of amides is 1. The number of nitrogens with two attached hydrogens (primary N) is 1. The number of benzene rings is 2. The summed E-state index contributed by atoms with van der Waals surface area (Å²) in [5, 5.41) is 19.9. The number of phosphoric acid groups is 1. The molecule has 0 aliphatic heterocycles. The fraction of sp³-hybridized carbons (Fsp3) is 0.160. The van der Waals surface area contributed by atoms with Gasteiger partial charge in [-0.05, 0) is 54.6 Å². The van der Waals surface area contributed by atoms with E-state index in [2.05, 4.69) is 15.3 Å². The number of nitrogens with zero attached hydrogens (tertiary/aromatic N) is 4. The molecule has 0 aliphatic carbocycles.